The maximum Gasteiger partial charge on any atom is 0.256 e. The summed E-state index contributed by atoms with van der Waals surface area (Å²) in [7, 11) is 0. The smallest absolute Gasteiger partial charge is 0.256 e. The first-order chi connectivity index (χ1) is 15.1. The van der Waals surface area contributed by atoms with Gasteiger partial charge >= 0.3 is 0 Å². The molecule has 150 valence electrons. The fourth-order valence-corrected chi connectivity index (χ4v) is 4.13. The molecule has 0 bridgehead atoms. The lowest BCUT2D eigenvalue weighted by molar-refractivity contribution is 0.102. The molecule has 0 saturated heterocycles. The molecule has 5 aromatic rings. The highest BCUT2D eigenvalue weighted by molar-refractivity contribution is 6.15. The Morgan fingerprint density at radius 2 is 1.52 bits per heavy atom. The van der Waals surface area contributed by atoms with Gasteiger partial charge in [0, 0.05) is 22.0 Å². The molecular formula is C28H22N2O. The van der Waals surface area contributed by atoms with E-state index in [0.29, 0.717) is 5.56 Å². The van der Waals surface area contributed by atoms with Crippen molar-refractivity contribution in [2.45, 2.75) is 13.8 Å². The Bertz CT molecular complexity index is 1450. The molecule has 1 amide bonds. The quantitative estimate of drug-likeness (QED) is 0.356. The van der Waals surface area contributed by atoms with E-state index in [9.17, 15) is 4.79 Å². The molecule has 1 heterocycles. The molecule has 0 fully saturated rings. The molecule has 0 saturated carbocycles. The topological polar surface area (TPSA) is 42.0 Å². The molecule has 4 aromatic carbocycles. The van der Waals surface area contributed by atoms with Crippen LogP contribution in [0.3, 0.4) is 0 Å². The third-order valence-electron chi connectivity index (χ3n) is 5.66. The highest BCUT2D eigenvalue weighted by Gasteiger charge is 2.16. The average molecular weight is 402 g/mol. The number of aryl methyl sites for hydroxylation is 2. The summed E-state index contributed by atoms with van der Waals surface area (Å²) in [5.41, 5.74) is 6.42. The number of pyridine rings is 1. The number of rotatable bonds is 3. The summed E-state index contributed by atoms with van der Waals surface area (Å²) in [6.07, 6.45) is 0. The van der Waals surface area contributed by atoms with Gasteiger partial charge in [0.05, 0.1) is 16.8 Å². The maximum absolute atomic E-state index is 13.5. The summed E-state index contributed by atoms with van der Waals surface area (Å²) in [4.78, 5) is 18.3. The maximum atomic E-state index is 13.5. The highest BCUT2D eigenvalue weighted by atomic mass is 16.1. The van der Waals surface area contributed by atoms with E-state index < -0.39 is 0 Å². The van der Waals surface area contributed by atoms with E-state index >= 15 is 0 Å². The molecule has 3 heteroatoms. The van der Waals surface area contributed by atoms with Gasteiger partial charge in [-0.3, -0.25) is 4.79 Å². The number of hydrogen-bond donors (Lipinski definition) is 1. The number of carbonyl (C=O) groups excluding carboxylic acids is 1. The number of nitrogens with one attached hydrogen (secondary N) is 1. The third kappa shape index (κ3) is 3.55. The lowest BCUT2D eigenvalue weighted by Crippen LogP contribution is -2.13. The van der Waals surface area contributed by atoms with Crippen molar-refractivity contribution in [1.29, 1.82) is 0 Å². The molecule has 0 aliphatic carbocycles. The van der Waals surface area contributed by atoms with Gasteiger partial charge in [0.25, 0.3) is 5.91 Å². The van der Waals surface area contributed by atoms with Gasteiger partial charge in [-0.15, -0.1) is 0 Å². The second kappa shape index (κ2) is 7.69. The minimum atomic E-state index is -0.138. The number of nitrogens with zero attached hydrogens (tertiary/aromatic N) is 1. The van der Waals surface area contributed by atoms with Gasteiger partial charge in [-0.2, -0.15) is 0 Å². The van der Waals surface area contributed by atoms with Crippen LogP contribution in [0, 0.1) is 13.8 Å². The number of hydrogen-bond acceptors (Lipinski definition) is 2. The zero-order chi connectivity index (χ0) is 21.4. The summed E-state index contributed by atoms with van der Waals surface area (Å²) >= 11 is 0. The van der Waals surface area contributed by atoms with Crippen LogP contribution in [0.4, 0.5) is 5.69 Å². The van der Waals surface area contributed by atoms with Crippen LogP contribution < -0.4 is 5.32 Å². The van der Waals surface area contributed by atoms with E-state index in [1.165, 1.54) is 5.56 Å². The van der Waals surface area contributed by atoms with Crippen LogP contribution in [0.5, 0.6) is 0 Å². The summed E-state index contributed by atoms with van der Waals surface area (Å²) in [6.45, 7) is 4.16. The number of fused-ring (bicyclic) bond motifs is 2. The first-order valence-corrected chi connectivity index (χ1v) is 10.4. The van der Waals surface area contributed by atoms with Gasteiger partial charge in [0.2, 0.25) is 0 Å². The first kappa shape index (κ1) is 19.0. The number of para-hydroxylation sites is 1. The molecule has 0 spiro atoms. The van der Waals surface area contributed by atoms with Crippen molar-refractivity contribution in [1.82, 2.24) is 4.98 Å². The monoisotopic (exact) mass is 402 g/mol. The van der Waals surface area contributed by atoms with E-state index in [2.05, 4.69) is 37.4 Å². The van der Waals surface area contributed by atoms with Gasteiger partial charge in [-0.1, -0.05) is 78.4 Å². The Morgan fingerprint density at radius 1 is 0.774 bits per heavy atom. The molecule has 3 nitrogen and oxygen atoms in total. The lowest BCUT2D eigenvalue weighted by Gasteiger charge is -2.13. The molecule has 0 unspecified atom stereocenters. The van der Waals surface area contributed by atoms with Crippen molar-refractivity contribution in [3.63, 3.8) is 0 Å². The van der Waals surface area contributed by atoms with Gasteiger partial charge < -0.3 is 5.32 Å². The Morgan fingerprint density at radius 3 is 2.35 bits per heavy atom. The van der Waals surface area contributed by atoms with Crippen molar-refractivity contribution in [2.75, 3.05) is 5.32 Å². The minimum absolute atomic E-state index is 0.138. The van der Waals surface area contributed by atoms with E-state index in [-0.39, 0.29) is 5.91 Å². The molecule has 5 rings (SSSR count). The van der Waals surface area contributed by atoms with Gasteiger partial charge in [-0.05, 0) is 43.0 Å². The fraction of sp³-hybridized carbons (Fsp3) is 0.0714. The minimum Gasteiger partial charge on any atom is -0.321 e. The Hall–Kier alpha value is -3.98. The number of anilines is 1. The molecular weight excluding hydrogens is 380 g/mol. The average Bonchev–Trinajstić information content (AvgIpc) is 2.78. The Balaban J connectivity index is 1.64. The van der Waals surface area contributed by atoms with E-state index in [1.54, 1.807) is 0 Å². The highest BCUT2D eigenvalue weighted by Crippen LogP contribution is 2.29. The van der Waals surface area contributed by atoms with Crippen LogP contribution in [-0.4, -0.2) is 10.9 Å². The zero-order valence-corrected chi connectivity index (χ0v) is 17.5. The number of amides is 1. The summed E-state index contributed by atoms with van der Waals surface area (Å²) in [5, 5.41) is 6.08. The predicted molar refractivity (Wildman–Crippen MR) is 129 cm³/mol. The van der Waals surface area contributed by atoms with Crippen molar-refractivity contribution in [2.24, 2.45) is 0 Å². The predicted octanol–water partition coefficient (Wildman–Crippen LogP) is 6.92. The fourth-order valence-electron chi connectivity index (χ4n) is 4.13. The lowest BCUT2D eigenvalue weighted by atomic mass is 9.99. The SMILES string of the molecule is Cc1ccc(-c2cc(C(=O)Nc3cccc4ccccc34)c3ccccc3n2)c(C)c1. The van der Waals surface area contributed by atoms with Crippen LogP contribution in [-0.2, 0) is 0 Å². The van der Waals surface area contributed by atoms with Crippen molar-refractivity contribution >= 4 is 33.3 Å². The molecule has 1 N–H and O–H groups in total. The second-order valence-corrected chi connectivity index (χ2v) is 7.87. The molecule has 1 aromatic heterocycles. The van der Waals surface area contributed by atoms with E-state index in [4.69, 9.17) is 4.98 Å². The van der Waals surface area contributed by atoms with Crippen LogP contribution in [0.1, 0.15) is 21.5 Å². The van der Waals surface area contributed by atoms with Gasteiger partial charge in [0.1, 0.15) is 0 Å². The molecule has 0 radical (unpaired) electrons. The van der Waals surface area contributed by atoms with Gasteiger partial charge in [-0.25, -0.2) is 4.98 Å². The van der Waals surface area contributed by atoms with Crippen molar-refractivity contribution in [3.05, 3.63) is 108 Å². The first-order valence-electron chi connectivity index (χ1n) is 10.4. The largest absolute Gasteiger partial charge is 0.321 e. The number of carbonyl (C=O) groups is 1. The second-order valence-electron chi connectivity index (χ2n) is 7.87. The van der Waals surface area contributed by atoms with Crippen LogP contribution in [0.2, 0.25) is 0 Å². The van der Waals surface area contributed by atoms with Crippen molar-refractivity contribution < 1.29 is 4.79 Å². The Kier molecular flexibility index (Phi) is 4.72. The summed E-state index contributed by atoms with van der Waals surface area (Å²) < 4.78 is 0. The summed E-state index contributed by atoms with van der Waals surface area (Å²) in [5.74, 6) is -0.138. The number of benzene rings is 4. The standard InChI is InChI=1S/C28H22N2O/c1-18-14-15-21(19(2)16-18)27-17-24(23-11-5-6-12-26(23)29-27)28(31)30-25-13-7-9-20-8-3-4-10-22(20)25/h3-17H,1-2H3,(H,30,31). The Labute approximate surface area is 181 Å². The van der Waals surface area contributed by atoms with Crippen molar-refractivity contribution in [3.8, 4) is 11.3 Å². The number of aromatic nitrogens is 1. The summed E-state index contributed by atoms with van der Waals surface area (Å²) in [6, 6.07) is 30.0. The van der Waals surface area contributed by atoms with Gasteiger partial charge in [0.15, 0.2) is 0 Å². The molecule has 0 atom stereocenters. The third-order valence-corrected chi connectivity index (χ3v) is 5.66. The molecule has 31 heavy (non-hydrogen) atoms. The van der Waals surface area contributed by atoms with E-state index in [0.717, 1.165) is 44.2 Å². The molecule has 0 aliphatic rings. The van der Waals surface area contributed by atoms with Crippen LogP contribution in [0.25, 0.3) is 32.9 Å². The zero-order valence-electron chi connectivity index (χ0n) is 17.5. The van der Waals surface area contributed by atoms with Crippen LogP contribution in [0.15, 0.2) is 91.0 Å². The van der Waals surface area contributed by atoms with Crippen LogP contribution >= 0.6 is 0 Å². The van der Waals surface area contributed by atoms with E-state index in [1.807, 2.05) is 72.8 Å². The normalized spacial score (nSPS) is 11.0. The molecule has 0 aliphatic heterocycles.